The van der Waals surface area contributed by atoms with Crippen LogP contribution in [-0.2, 0) is 6.54 Å². The minimum Gasteiger partial charge on any atom is -0.295 e. The van der Waals surface area contributed by atoms with E-state index in [9.17, 15) is 4.79 Å². The van der Waals surface area contributed by atoms with Crippen LogP contribution in [0.15, 0.2) is 53.6 Å². The quantitative estimate of drug-likeness (QED) is 0.851. The number of rotatable bonds is 4. The summed E-state index contributed by atoms with van der Waals surface area (Å²) in [5.41, 5.74) is 2.14. The van der Waals surface area contributed by atoms with E-state index in [1.807, 2.05) is 42.5 Å². The molecule has 0 saturated heterocycles. The Hall–Kier alpha value is -2.16. The molecule has 20 heavy (non-hydrogen) atoms. The number of aromatic nitrogens is 2. The van der Waals surface area contributed by atoms with E-state index in [4.69, 9.17) is 0 Å². The van der Waals surface area contributed by atoms with Crippen LogP contribution in [0.1, 0.15) is 36.4 Å². The lowest BCUT2D eigenvalue weighted by Crippen LogP contribution is -2.22. The lowest BCUT2D eigenvalue weighted by Gasteiger charge is -2.24. The van der Waals surface area contributed by atoms with Gasteiger partial charge in [-0.15, -0.1) is 0 Å². The third-order valence-corrected chi connectivity index (χ3v) is 3.84. The van der Waals surface area contributed by atoms with Crippen LogP contribution >= 0.6 is 0 Å². The van der Waals surface area contributed by atoms with Gasteiger partial charge in [0.2, 0.25) is 0 Å². The zero-order valence-corrected chi connectivity index (χ0v) is 11.4. The molecular weight excluding hydrogens is 248 g/mol. The maximum absolute atomic E-state index is 12.0. The summed E-state index contributed by atoms with van der Waals surface area (Å²) < 4.78 is 1.64. The van der Waals surface area contributed by atoms with Crippen LogP contribution < -0.4 is 5.56 Å². The lowest BCUT2D eigenvalue weighted by atomic mass is 9.83. The van der Waals surface area contributed by atoms with Crippen molar-refractivity contribution in [3.8, 4) is 0 Å². The van der Waals surface area contributed by atoms with Crippen LogP contribution in [-0.4, -0.2) is 9.55 Å². The molecule has 0 atom stereocenters. The van der Waals surface area contributed by atoms with E-state index in [1.165, 1.54) is 19.3 Å². The zero-order chi connectivity index (χ0) is 13.8. The van der Waals surface area contributed by atoms with Gasteiger partial charge in [-0.05, 0) is 18.4 Å². The van der Waals surface area contributed by atoms with Crippen molar-refractivity contribution >= 4 is 6.08 Å². The van der Waals surface area contributed by atoms with Crippen LogP contribution in [0.25, 0.3) is 6.08 Å². The molecule has 1 heterocycles. The Morgan fingerprint density at radius 2 is 2.05 bits per heavy atom. The van der Waals surface area contributed by atoms with Crippen molar-refractivity contribution in [1.29, 1.82) is 0 Å². The van der Waals surface area contributed by atoms with Gasteiger partial charge < -0.3 is 0 Å². The molecule has 0 unspecified atom stereocenters. The summed E-state index contributed by atoms with van der Waals surface area (Å²) >= 11 is 0. The second-order valence-corrected chi connectivity index (χ2v) is 5.25. The van der Waals surface area contributed by atoms with Crippen molar-refractivity contribution in [2.45, 2.75) is 31.7 Å². The van der Waals surface area contributed by atoms with Crippen molar-refractivity contribution in [3.63, 3.8) is 0 Å². The van der Waals surface area contributed by atoms with Gasteiger partial charge in [-0.3, -0.25) is 9.36 Å². The predicted octanol–water partition coefficient (Wildman–Crippen LogP) is 3.22. The molecule has 2 aromatic rings. The Morgan fingerprint density at radius 3 is 2.70 bits per heavy atom. The summed E-state index contributed by atoms with van der Waals surface area (Å²) in [5, 5.41) is 0. The molecule has 1 fully saturated rings. The number of nitrogens with zero attached hydrogens (tertiary/aromatic N) is 2. The Bertz CT molecular complexity index is 654. The van der Waals surface area contributed by atoms with Gasteiger partial charge in [0, 0.05) is 18.5 Å². The zero-order valence-electron chi connectivity index (χ0n) is 11.4. The van der Waals surface area contributed by atoms with Crippen LogP contribution in [0, 0.1) is 0 Å². The summed E-state index contributed by atoms with van der Waals surface area (Å²) in [5.74, 6) is 0.511. The van der Waals surface area contributed by atoms with Crippen molar-refractivity contribution in [1.82, 2.24) is 9.55 Å². The first-order valence-corrected chi connectivity index (χ1v) is 7.11. The fourth-order valence-corrected chi connectivity index (χ4v) is 2.37. The summed E-state index contributed by atoms with van der Waals surface area (Å²) in [7, 11) is 0. The SMILES string of the molecule is O=c1cc(C2CCC2)ncn1C/C=C/c1ccccc1. The minimum atomic E-state index is 0.0413. The Labute approximate surface area is 118 Å². The van der Waals surface area contributed by atoms with Gasteiger partial charge in [0.25, 0.3) is 5.56 Å². The number of hydrogen-bond donors (Lipinski definition) is 0. The van der Waals surface area contributed by atoms with Crippen molar-refractivity contribution < 1.29 is 0 Å². The third-order valence-electron chi connectivity index (χ3n) is 3.84. The molecule has 0 aliphatic heterocycles. The molecule has 0 spiro atoms. The standard InChI is InChI=1S/C17H18N2O/c20-17-12-16(15-9-4-10-15)18-13-19(17)11-5-8-14-6-2-1-3-7-14/h1-3,5-8,12-13,15H,4,9-11H2/b8-5+. The third kappa shape index (κ3) is 2.87. The van der Waals surface area contributed by atoms with Gasteiger partial charge in [0.1, 0.15) is 0 Å². The van der Waals surface area contributed by atoms with Gasteiger partial charge >= 0.3 is 0 Å². The van der Waals surface area contributed by atoms with Crippen LogP contribution in [0.5, 0.6) is 0 Å². The first kappa shape index (κ1) is 12.9. The Kier molecular flexibility index (Phi) is 3.77. The van der Waals surface area contributed by atoms with Gasteiger partial charge in [-0.1, -0.05) is 48.9 Å². The highest BCUT2D eigenvalue weighted by Crippen LogP contribution is 2.34. The maximum atomic E-state index is 12.0. The topological polar surface area (TPSA) is 34.9 Å². The molecule has 0 radical (unpaired) electrons. The molecule has 0 N–H and O–H groups in total. The van der Waals surface area contributed by atoms with E-state index in [0.717, 1.165) is 11.3 Å². The molecule has 0 bridgehead atoms. The van der Waals surface area contributed by atoms with Crippen molar-refractivity contribution in [2.75, 3.05) is 0 Å². The van der Waals surface area contributed by atoms with E-state index in [0.29, 0.717) is 12.5 Å². The second-order valence-electron chi connectivity index (χ2n) is 5.25. The lowest BCUT2D eigenvalue weighted by molar-refractivity contribution is 0.409. The first-order chi connectivity index (χ1) is 9.83. The monoisotopic (exact) mass is 266 g/mol. The highest BCUT2D eigenvalue weighted by atomic mass is 16.1. The normalized spacial score (nSPS) is 15.4. The average molecular weight is 266 g/mol. The number of benzene rings is 1. The van der Waals surface area contributed by atoms with Crippen LogP contribution in [0.3, 0.4) is 0 Å². The summed E-state index contributed by atoms with van der Waals surface area (Å²) in [4.78, 5) is 16.4. The molecule has 3 nitrogen and oxygen atoms in total. The van der Waals surface area contributed by atoms with E-state index in [-0.39, 0.29) is 5.56 Å². The van der Waals surface area contributed by atoms with Gasteiger partial charge in [-0.25, -0.2) is 4.98 Å². The van der Waals surface area contributed by atoms with Crippen molar-refractivity contribution in [2.24, 2.45) is 0 Å². The number of hydrogen-bond acceptors (Lipinski definition) is 2. The molecule has 3 heteroatoms. The predicted molar refractivity (Wildman–Crippen MR) is 80.6 cm³/mol. The Balaban J connectivity index is 1.68. The van der Waals surface area contributed by atoms with E-state index in [2.05, 4.69) is 4.98 Å². The molecule has 1 aromatic carbocycles. The van der Waals surface area contributed by atoms with Crippen LogP contribution in [0.2, 0.25) is 0 Å². The molecule has 3 rings (SSSR count). The first-order valence-electron chi connectivity index (χ1n) is 7.11. The molecule has 1 saturated carbocycles. The molecule has 1 aliphatic carbocycles. The smallest absolute Gasteiger partial charge is 0.253 e. The minimum absolute atomic E-state index is 0.0413. The summed E-state index contributed by atoms with van der Waals surface area (Å²) in [6, 6.07) is 11.8. The summed E-state index contributed by atoms with van der Waals surface area (Å²) in [6.07, 6.45) is 9.28. The Morgan fingerprint density at radius 1 is 1.25 bits per heavy atom. The largest absolute Gasteiger partial charge is 0.295 e. The highest BCUT2D eigenvalue weighted by molar-refractivity contribution is 5.48. The maximum Gasteiger partial charge on any atom is 0.253 e. The molecule has 1 aliphatic rings. The van der Waals surface area contributed by atoms with E-state index >= 15 is 0 Å². The van der Waals surface area contributed by atoms with Crippen molar-refractivity contribution in [3.05, 3.63) is 70.4 Å². The molecule has 0 amide bonds. The summed E-state index contributed by atoms with van der Waals surface area (Å²) in [6.45, 7) is 0.561. The highest BCUT2D eigenvalue weighted by Gasteiger charge is 2.21. The van der Waals surface area contributed by atoms with E-state index in [1.54, 1.807) is 17.0 Å². The van der Waals surface area contributed by atoms with Gasteiger partial charge in [-0.2, -0.15) is 0 Å². The van der Waals surface area contributed by atoms with Crippen LogP contribution in [0.4, 0.5) is 0 Å². The average Bonchev–Trinajstić information content (AvgIpc) is 2.40. The fourth-order valence-electron chi connectivity index (χ4n) is 2.37. The molecule has 1 aromatic heterocycles. The van der Waals surface area contributed by atoms with Gasteiger partial charge in [0.15, 0.2) is 0 Å². The fraction of sp³-hybridized carbons (Fsp3) is 0.294. The molecule has 102 valence electrons. The van der Waals surface area contributed by atoms with E-state index < -0.39 is 0 Å². The van der Waals surface area contributed by atoms with Gasteiger partial charge in [0.05, 0.1) is 12.0 Å². The number of allylic oxidation sites excluding steroid dienone is 1. The molecular formula is C17H18N2O. The second kappa shape index (κ2) is 5.87.